The van der Waals surface area contributed by atoms with Crippen molar-refractivity contribution in [3.8, 4) is 5.75 Å². The van der Waals surface area contributed by atoms with E-state index >= 15 is 0 Å². The summed E-state index contributed by atoms with van der Waals surface area (Å²) in [5.41, 5.74) is 7.05. The van der Waals surface area contributed by atoms with E-state index in [1.54, 1.807) is 7.11 Å². The molecule has 1 aliphatic heterocycles. The highest BCUT2D eigenvalue weighted by Crippen LogP contribution is 2.26. The number of nitrogens with zero attached hydrogens (tertiary/aromatic N) is 3. The molecule has 1 atom stereocenters. The van der Waals surface area contributed by atoms with Crippen molar-refractivity contribution in [1.82, 2.24) is 14.7 Å². The van der Waals surface area contributed by atoms with E-state index in [1.807, 2.05) is 12.1 Å². The summed E-state index contributed by atoms with van der Waals surface area (Å²) in [6.45, 7) is 13.5. The highest BCUT2D eigenvalue weighted by Gasteiger charge is 2.18. The summed E-state index contributed by atoms with van der Waals surface area (Å²) in [5, 5.41) is 0. The fraction of sp³-hybridized carbons (Fsp3) is 0.520. The van der Waals surface area contributed by atoms with Crippen LogP contribution in [-0.2, 0) is 13.1 Å². The second-order valence-corrected chi connectivity index (χ2v) is 8.65. The van der Waals surface area contributed by atoms with Gasteiger partial charge in [0.05, 0.1) is 7.11 Å². The van der Waals surface area contributed by atoms with E-state index in [4.69, 9.17) is 4.74 Å². The SMILES string of the molecule is COc1ccc(C(C)N(C)Cc2cc(C)cc(CN3CCN(C)CC3)c2C)cc1. The Morgan fingerprint density at radius 3 is 2.24 bits per heavy atom. The summed E-state index contributed by atoms with van der Waals surface area (Å²) in [7, 11) is 6.15. The highest BCUT2D eigenvalue weighted by molar-refractivity contribution is 5.38. The molecule has 1 fully saturated rings. The third kappa shape index (κ3) is 5.59. The minimum Gasteiger partial charge on any atom is -0.497 e. The average molecular weight is 396 g/mol. The maximum absolute atomic E-state index is 5.30. The number of benzene rings is 2. The number of methoxy groups -OCH3 is 1. The maximum atomic E-state index is 5.30. The first kappa shape index (κ1) is 21.8. The molecule has 0 bridgehead atoms. The Hall–Kier alpha value is -1.88. The van der Waals surface area contributed by atoms with Gasteiger partial charge in [-0.15, -0.1) is 0 Å². The minimum absolute atomic E-state index is 0.349. The predicted molar refractivity (Wildman–Crippen MR) is 122 cm³/mol. The predicted octanol–water partition coefficient (Wildman–Crippen LogP) is 4.25. The molecule has 1 saturated heterocycles. The van der Waals surface area contributed by atoms with Gasteiger partial charge in [-0.25, -0.2) is 0 Å². The normalized spacial score (nSPS) is 16.9. The van der Waals surface area contributed by atoms with Crippen molar-refractivity contribution in [2.75, 3.05) is 47.4 Å². The van der Waals surface area contributed by atoms with E-state index in [1.165, 1.54) is 40.9 Å². The molecule has 29 heavy (non-hydrogen) atoms. The van der Waals surface area contributed by atoms with Crippen molar-refractivity contribution in [3.05, 3.63) is 64.2 Å². The van der Waals surface area contributed by atoms with E-state index < -0.39 is 0 Å². The summed E-state index contributed by atoms with van der Waals surface area (Å²) in [6, 6.07) is 13.5. The first-order valence-corrected chi connectivity index (χ1v) is 10.7. The third-order valence-corrected chi connectivity index (χ3v) is 6.44. The van der Waals surface area contributed by atoms with E-state index in [0.717, 1.165) is 31.9 Å². The number of rotatable bonds is 7. The van der Waals surface area contributed by atoms with E-state index in [9.17, 15) is 0 Å². The van der Waals surface area contributed by atoms with Crippen molar-refractivity contribution in [2.24, 2.45) is 0 Å². The fourth-order valence-corrected chi connectivity index (χ4v) is 4.13. The summed E-state index contributed by atoms with van der Waals surface area (Å²) >= 11 is 0. The van der Waals surface area contributed by atoms with Crippen molar-refractivity contribution in [1.29, 1.82) is 0 Å². The van der Waals surface area contributed by atoms with E-state index in [2.05, 4.69) is 73.8 Å². The molecule has 3 rings (SSSR count). The molecule has 0 saturated carbocycles. The maximum Gasteiger partial charge on any atom is 0.118 e. The van der Waals surface area contributed by atoms with Crippen LogP contribution in [0.25, 0.3) is 0 Å². The van der Waals surface area contributed by atoms with Crippen LogP contribution in [0.1, 0.15) is 40.8 Å². The highest BCUT2D eigenvalue weighted by atomic mass is 16.5. The van der Waals surface area contributed by atoms with Crippen LogP contribution < -0.4 is 4.74 Å². The summed E-state index contributed by atoms with van der Waals surface area (Å²) in [4.78, 5) is 7.44. The molecule has 1 unspecified atom stereocenters. The van der Waals surface area contributed by atoms with E-state index in [0.29, 0.717) is 6.04 Å². The second-order valence-electron chi connectivity index (χ2n) is 8.65. The Bertz CT molecular complexity index is 794. The molecule has 0 N–H and O–H groups in total. The van der Waals surface area contributed by atoms with Crippen molar-refractivity contribution < 1.29 is 4.74 Å². The second kappa shape index (κ2) is 9.75. The van der Waals surface area contributed by atoms with Crippen molar-refractivity contribution in [3.63, 3.8) is 0 Å². The Kier molecular flexibility index (Phi) is 7.33. The molecule has 2 aromatic carbocycles. The van der Waals surface area contributed by atoms with Gasteiger partial charge in [-0.1, -0.05) is 29.8 Å². The lowest BCUT2D eigenvalue weighted by Crippen LogP contribution is -2.44. The quantitative estimate of drug-likeness (QED) is 0.697. The van der Waals surface area contributed by atoms with Crippen LogP contribution in [0.3, 0.4) is 0 Å². The molecule has 2 aromatic rings. The first-order valence-electron chi connectivity index (χ1n) is 10.7. The lowest BCUT2D eigenvalue weighted by atomic mass is 9.97. The van der Waals surface area contributed by atoms with Crippen molar-refractivity contribution in [2.45, 2.75) is 39.9 Å². The van der Waals surface area contributed by atoms with Crippen LogP contribution in [0.5, 0.6) is 5.75 Å². The molecule has 0 amide bonds. The third-order valence-electron chi connectivity index (χ3n) is 6.44. The monoisotopic (exact) mass is 395 g/mol. The molecule has 0 aromatic heterocycles. The Morgan fingerprint density at radius 1 is 1.00 bits per heavy atom. The van der Waals surface area contributed by atoms with Crippen LogP contribution in [0, 0.1) is 13.8 Å². The number of hydrogen-bond donors (Lipinski definition) is 0. The zero-order valence-electron chi connectivity index (χ0n) is 19.0. The van der Waals surface area contributed by atoms with Gasteiger partial charge in [0.25, 0.3) is 0 Å². The standard InChI is InChI=1S/C25H37N3O/c1-19-15-23(17-27(5)21(3)22-7-9-25(29-6)10-8-22)20(2)24(16-19)18-28-13-11-26(4)12-14-28/h7-10,15-16,21H,11-14,17-18H2,1-6H3. The zero-order valence-corrected chi connectivity index (χ0v) is 19.0. The lowest BCUT2D eigenvalue weighted by molar-refractivity contribution is 0.148. The molecule has 0 aliphatic carbocycles. The fourth-order valence-electron chi connectivity index (χ4n) is 4.13. The number of hydrogen-bond acceptors (Lipinski definition) is 4. The summed E-state index contributed by atoms with van der Waals surface area (Å²) in [6.07, 6.45) is 0. The van der Waals surface area contributed by atoms with Crippen LogP contribution in [0.4, 0.5) is 0 Å². The van der Waals surface area contributed by atoms with Gasteiger partial charge in [0.1, 0.15) is 5.75 Å². The van der Waals surface area contributed by atoms with Gasteiger partial charge in [0.2, 0.25) is 0 Å². The largest absolute Gasteiger partial charge is 0.497 e. The van der Waals surface area contributed by atoms with Gasteiger partial charge in [0.15, 0.2) is 0 Å². The van der Waals surface area contributed by atoms with Gasteiger partial charge in [-0.2, -0.15) is 0 Å². The summed E-state index contributed by atoms with van der Waals surface area (Å²) < 4.78 is 5.30. The van der Waals surface area contributed by atoms with Gasteiger partial charge in [0, 0.05) is 45.3 Å². The van der Waals surface area contributed by atoms with E-state index in [-0.39, 0.29) is 0 Å². The molecular formula is C25H37N3O. The number of ether oxygens (including phenoxy) is 1. The molecule has 4 nitrogen and oxygen atoms in total. The average Bonchev–Trinajstić information content (AvgIpc) is 2.72. The van der Waals surface area contributed by atoms with Gasteiger partial charge >= 0.3 is 0 Å². The smallest absolute Gasteiger partial charge is 0.118 e. The molecule has 0 radical (unpaired) electrons. The minimum atomic E-state index is 0.349. The van der Waals surface area contributed by atoms with Gasteiger partial charge in [-0.05, 0) is 69.3 Å². The number of aryl methyl sites for hydroxylation is 1. The Balaban J connectivity index is 1.71. The number of piperazine rings is 1. The first-order chi connectivity index (χ1) is 13.9. The van der Waals surface area contributed by atoms with Crippen LogP contribution in [0.2, 0.25) is 0 Å². The molecule has 0 spiro atoms. The van der Waals surface area contributed by atoms with Gasteiger partial charge < -0.3 is 9.64 Å². The van der Waals surface area contributed by atoms with Crippen molar-refractivity contribution >= 4 is 0 Å². The number of likely N-dealkylation sites (N-methyl/N-ethyl adjacent to an activating group) is 1. The molecule has 1 aliphatic rings. The Morgan fingerprint density at radius 2 is 1.62 bits per heavy atom. The molecule has 158 valence electrons. The molecule has 1 heterocycles. The summed E-state index contributed by atoms with van der Waals surface area (Å²) in [5.74, 6) is 0.909. The van der Waals surface area contributed by atoms with Crippen LogP contribution in [0.15, 0.2) is 36.4 Å². The van der Waals surface area contributed by atoms with Crippen LogP contribution in [-0.4, -0.2) is 62.1 Å². The Labute approximate surface area is 177 Å². The van der Waals surface area contributed by atoms with Gasteiger partial charge in [-0.3, -0.25) is 9.80 Å². The molecular weight excluding hydrogens is 358 g/mol. The zero-order chi connectivity index (χ0) is 21.0. The molecule has 4 heteroatoms. The topological polar surface area (TPSA) is 19.0 Å². The lowest BCUT2D eigenvalue weighted by Gasteiger charge is -2.33. The van der Waals surface area contributed by atoms with Crippen LogP contribution >= 0.6 is 0 Å².